The fraction of sp³-hybridized carbons (Fsp3) is 0.692. The van der Waals surface area contributed by atoms with Crippen LogP contribution >= 0.6 is 0 Å². The molecule has 108 valence electrons. The maximum Gasteiger partial charge on any atom is 0.407 e. The van der Waals surface area contributed by atoms with Crippen LogP contribution in [0.3, 0.4) is 0 Å². The monoisotopic (exact) mass is 268 g/mol. The number of amides is 1. The Balaban J connectivity index is 2.23. The van der Waals surface area contributed by atoms with E-state index in [9.17, 15) is 4.79 Å². The smallest absolute Gasteiger partial charge is 0.407 e. The minimum absolute atomic E-state index is 0.00190. The molecule has 1 atom stereocenters. The van der Waals surface area contributed by atoms with Crippen LogP contribution in [0.15, 0.2) is 6.20 Å². The minimum Gasteiger partial charge on any atom is -0.444 e. The first-order valence-electron chi connectivity index (χ1n) is 6.47. The summed E-state index contributed by atoms with van der Waals surface area (Å²) in [5.41, 5.74) is 1.72. The summed E-state index contributed by atoms with van der Waals surface area (Å²) in [7, 11) is 0. The molecule has 0 aliphatic carbocycles. The van der Waals surface area contributed by atoms with Gasteiger partial charge in [0.25, 0.3) is 0 Å². The first-order chi connectivity index (χ1) is 8.78. The van der Waals surface area contributed by atoms with E-state index in [-0.39, 0.29) is 12.1 Å². The standard InChI is InChI=1S/C13H24N4O2/c1-9(16-12(18)19-13(3,4)5)6-14-7-11-8-15-17-10(11)2/h8-9,14H,6-7H2,1-5H3,(H,15,17)(H,16,18). The van der Waals surface area contributed by atoms with Crippen LogP contribution in [0.2, 0.25) is 0 Å². The highest BCUT2D eigenvalue weighted by molar-refractivity contribution is 5.68. The molecule has 0 saturated carbocycles. The molecule has 1 heterocycles. The molecular formula is C13H24N4O2. The molecule has 1 rings (SSSR count). The van der Waals surface area contributed by atoms with Crippen molar-refractivity contribution in [1.82, 2.24) is 20.8 Å². The molecule has 0 radical (unpaired) electrons. The van der Waals surface area contributed by atoms with Crippen LogP contribution < -0.4 is 10.6 Å². The average molecular weight is 268 g/mol. The number of nitrogens with one attached hydrogen (secondary N) is 3. The van der Waals surface area contributed by atoms with E-state index in [1.54, 1.807) is 6.20 Å². The van der Waals surface area contributed by atoms with Gasteiger partial charge in [-0.3, -0.25) is 5.10 Å². The summed E-state index contributed by atoms with van der Waals surface area (Å²) < 4.78 is 5.19. The van der Waals surface area contributed by atoms with Gasteiger partial charge in [0.15, 0.2) is 0 Å². The average Bonchev–Trinajstić information content (AvgIpc) is 2.61. The lowest BCUT2D eigenvalue weighted by atomic mass is 10.2. The molecule has 1 aromatic rings. The number of H-pyrrole nitrogens is 1. The molecule has 0 fully saturated rings. The molecular weight excluding hydrogens is 244 g/mol. The zero-order valence-corrected chi connectivity index (χ0v) is 12.3. The Bertz CT molecular complexity index is 409. The number of aromatic amines is 1. The van der Waals surface area contributed by atoms with Crippen molar-refractivity contribution in [3.05, 3.63) is 17.5 Å². The number of aryl methyl sites for hydroxylation is 1. The summed E-state index contributed by atoms with van der Waals surface area (Å²) in [6.45, 7) is 10.8. The van der Waals surface area contributed by atoms with Gasteiger partial charge >= 0.3 is 6.09 Å². The third-order valence-electron chi connectivity index (χ3n) is 2.46. The van der Waals surface area contributed by atoms with Crippen LogP contribution in [0.5, 0.6) is 0 Å². The molecule has 6 heteroatoms. The fourth-order valence-corrected chi connectivity index (χ4v) is 1.54. The van der Waals surface area contributed by atoms with Crippen molar-refractivity contribution in [3.8, 4) is 0 Å². The minimum atomic E-state index is -0.467. The molecule has 1 aromatic heterocycles. The van der Waals surface area contributed by atoms with E-state index >= 15 is 0 Å². The lowest BCUT2D eigenvalue weighted by Crippen LogP contribution is -2.42. The Morgan fingerprint density at radius 3 is 2.74 bits per heavy atom. The normalized spacial score (nSPS) is 13.1. The molecule has 0 aliphatic rings. The van der Waals surface area contributed by atoms with Gasteiger partial charge in [0.05, 0.1) is 6.20 Å². The van der Waals surface area contributed by atoms with Gasteiger partial charge < -0.3 is 15.4 Å². The maximum absolute atomic E-state index is 11.5. The zero-order valence-electron chi connectivity index (χ0n) is 12.3. The lowest BCUT2D eigenvalue weighted by Gasteiger charge is -2.22. The van der Waals surface area contributed by atoms with Crippen LogP contribution in [0.1, 0.15) is 39.0 Å². The summed E-state index contributed by atoms with van der Waals surface area (Å²) in [5, 5.41) is 12.9. The van der Waals surface area contributed by atoms with Crippen LogP contribution in [-0.4, -0.2) is 34.5 Å². The van der Waals surface area contributed by atoms with Crippen LogP contribution in [0.25, 0.3) is 0 Å². The summed E-state index contributed by atoms with van der Waals surface area (Å²) >= 11 is 0. The summed E-state index contributed by atoms with van der Waals surface area (Å²) in [6, 6.07) is 0.00190. The van der Waals surface area contributed by atoms with Crippen molar-refractivity contribution < 1.29 is 9.53 Å². The molecule has 0 aromatic carbocycles. The molecule has 6 nitrogen and oxygen atoms in total. The maximum atomic E-state index is 11.5. The van der Waals surface area contributed by atoms with E-state index < -0.39 is 5.60 Å². The molecule has 1 unspecified atom stereocenters. The summed E-state index contributed by atoms with van der Waals surface area (Å²) in [5.74, 6) is 0. The van der Waals surface area contributed by atoms with Crippen LogP contribution in [-0.2, 0) is 11.3 Å². The van der Waals surface area contributed by atoms with Gasteiger partial charge in [-0.25, -0.2) is 4.79 Å². The van der Waals surface area contributed by atoms with Gasteiger partial charge in [0.2, 0.25) is 0 Å². The predicted molar refractivity (Wildman–Crippen MR) is 73.9 cm³/mol. The third-order valence-corrected chi connectivity index (χ3v) is 2.46. The number of alkyl carbamates (subject to hydrolysis) is 1. The van der Waals surface area contributed by atoms with E-state index in [1.807, 2.05) is 34.6 Å². The molecule has 0 spiro atoms. The first kappa shape index (κ1) is 15.5. The largest absolute Gasteiger partial charge is 0.444 e. The Labute approximate surface area is 114 Å². The second kappa shape index (κ2) is 6.56. The summed E-state index contributed by atoms with van der Waals surface area (Å²) in [6.07, 6.45) is 1.41. The number of ether oxygens (including phenoxy) is 1. The van der Waals surface area contributed by atoms with Crippen molar-refractivity contribution in [3.63, 3.8) is 0 Å². The quantitative estimate of drug-likeness (QED) is 0.759. The van der Waals surface area contributed by atoms with E-state index in [4.69, 9.17) is 4.74 Å². The van der Waals surface area contributed by atoms with Crippen molar-refractivity contribution in [1.29, 1.82) is 0 Å². The SMILES string of the molecule is Cc1[nH]ncc1CNCC(C)NC(=O)OC(C)(C)C. The molecule has 0 aliphatic heterocycles. The zero-order chi connectivity index (χ0) is 14.5. The summed E-state index contributed by atoms with van der Waals surface area (Å²) in [4.78, 5) is 11.5. The predicted octanol–water partition coefficient (Wildman–Crippen LogP) is 1.72. The third kappa shape index (κ3) is 6.24. The van der Waals surface area contributed by atoms with E-state index in [1.165, 1.54) is 0 Å². The van der Waals surface area contributed by atoms with Gasteiger partial charge in [-0.15, -0.1) is 0 Å². The number of nitrogens with zero attached hydrogens (tertiary/aromatic N) is 1. The molecule has 19 heavy (non-hydrogen) atoms. The van der Waals surface area contributed by atoms with Crippen molar-refractivity contribution in [2.45, 2.75) is 52.8 Å². The lowest BCUT2D eigenvalue weighted by molar-refractivity contribution is 0.0508. The van der Waals surface area contributed by atoms with Crippen LogP contribution in [0, 0.1) is 6.92 Å². The Hall–Kier alpha value is -1.56. The van der Waals surface area contributed by atoms with Crippen molar-refractivity contribution >= 4 is 6.09 Å². The van der Waals surface area contributed by atoms with E-state index in [0.717, 1.165) is 17.8 Å². The van der Waals surface area contributed by atoms with Gasteiger partial charge in [0, 0.05) is 30.4 Å². The molecule has 3 N–H and O–H groups in total. The number of carbonyl (C=O) groups excluding carboxylic acids is 1. The van der Waals surface area contributed by atoms with Gasteiger partial charge in [-0.05, 0) is 34.6 Å². The van der Waals surface area contributed by atoms with Crippen LogP contribution in [0.4, 0.5) is 4.79 Å². The van der Waals surface area contributed by atoms with E-state index in [0.29, 0.717) is 6.54 Å². The van der Waals surface area contributed by atoms with Gasteiger partial charge in [-0.2, -0.15) is 5.10 Å². The first-order valence-corrected chi connectivity index (χ1v) is 6.47. The second-order valence-electron chi connectivity index (χ2n) is 5.70. The van der Waals surface area contributed by atoms with Crippen molar-refractivity contribution in [2.24, 2.45) is 0 Å². The van der Waals surface area contributed by atoms with E-state index in [2.05, 4.69) is 20.8 Å². The number of aromatic nitrogens is 2. The molecule has 0 saturated heterocycles. The molecule has 1 amide bonds. The highest BCUT2D eigenvalue weighted by Gasteiger charge is 2.17. The van der Waals surface area contributed by atoms with Gasteiger partial charge in [0.1, 0.15) is 5.60 Å². The fourth-order valence-electron chi connectivity index (χ4n) is 1.54. The second-order valence-corrected chi connectivity index (χ2v) is 5.70. The Kier molecular flexibility index (Phi) is 5.35. The number of hydrogen-bond acceptors (Lipinski definition) is 4. The number of hydrogen-bond donors (Lipinski definition) is 3. The Morgan fingerprint density at radius 2 is 2.21 bits per heavy atom. The number of carbonyl (C=O) groups is 1. The topological polar surface area (TPSA) is 79.0 Å². The van der Waals surface area contributed by atoms with Gasteiger partial charge in [-0.1, -0.05) is 0 Å². The Morgan fingerprint density at radius 1 is 1.53 bits per heavy atom. The highest BCUT2D eigenvalue weighted by atomic mass is 16.6. The molecule has 0 bridgehead atoms. The van der Waals surface area contributed by atoms with Crippen molar-refractivity contribution in [2.75, 3.05) is 6.54 Å². The highest BCUT2D eigenvalue weighted by Crippen LogP contribution is 2.06. The number of rotatable bonds is 5.